The highest BCUT2D eigenvalue weighted by molar-refractivity contribution is 6.06. The predicted octanol–water partition coefficient (Wildman–Crippen LogP) is 3.05. The monoisotopic (exact) mass is 367 g/mol. The second-order valence-corrected chi connectivity index (χ2v) is 7.18. The zero-order valence-electron chi connectivity index (χ0n) is 16.1. The van der Waals surface area contributed by atoms with Gasteiger partial charge in [0.15, 0.2) is 11.4 Å². The van der Waals surface area contributed by atoms with Crippen molar-refractivity contribution >= 4 is 16.9 Å². The second-order valence-electron chi connectivity index (χ2n) is 7.18. The molecule has 1 aliphatic rings. The molecule has 1 amide bonds. The van der Waals surface area contributed by atoms with Crippen molar-refractivity contribution in [1.82, 2.24) is 24.6 Å². The van der Waals surface area contributed by atoms with Crippen molar-refractivity contribution in [3.8, 4) is 11.5 Å². The fourth-order valence-electron chi connectivity index (χ4n) is 3.56. The van der Waals surface area contributed by atoms with E-state index in [4.69, 9.17) is 9.40 Å². The summed E-state index contributed by atoms with van der Waals surface area (Å²) in [6, 6.07) is 5.67. The van der Waals surface area contributed by atoms with Gasteiger partial charge in [0.25, 0.3) is 5.91 Å². The summed E-state index contributed by atoms with van der Waals surface area (Å²) >= 11 is 0. The number of piperazine rings is 1. The molecule has 4 heterocycles. The maximum absolute atomic E-state index is 13.3. The zero-order chi connectivity index (χ0) is 19.0. The van der Waals surface area contributed by atoms with Gasteiger partial charge in [-0.3, -0.25) is 4.79 Å². The van der Waals surface area contributed by atoms with E-state index in [-0.39, 0.29) is 11.9 Å². The van der Waals surface area contributed by atoms with Crippen LogP contribution in [0, 0.1) is 0 Å². The summed E-state index contributed by atoms with van der Waals surface area (Å²) in [5, 5.41) is 5.27. The van der Waals surface area contributed by atoms with Crippen molar-refractivity contribution in [1.29, 1.82) is 0 Å². The first kappa shape index (κ1) is 17.7. The van der Waals surface area contributed by atoms with Crippen molar-refractivity contribution in [2.75, 3.05) is 32.7 Å². The number of nitrogens with zero attached hydrogens (tertiary/aromatic N) is 5. The summed E-state index contributed by atoms with van der Waals surface area (Å²) in [4.78, 5) is 22.4. The first-order valence-electron chi connectivity index (χ1n) is 9.52. The number of likely N-dealkylation sites (N-methyl/N-ethyl adjacent to an activating group) is 1. The van der Waals surface area contributed by atoms with E-state index < -0.39 is 0 Å². The minimum absolute atomic E-state index is 0.0364. The van der Waals surface area contributed by atoms with Gasteiger partial charge in [-0.1, -0.05) is 6.92 Å². The van der Waals surface area contributed by atoms with Gasteiger partial charge in [-0.05, 0) is 38.6 Å². The molecule has 3 aromatic heterocycles. The molecular weight excluding hydrogens is 342 g/mol. The van der Waals surface area contributed by atoms with Gasteiger partial charge in [-0.2, -0.15) is 5.10 Å². The number of aromatic nitrogens is 3. The van der Waals surface area contributed by atoms with E-state index in [2.05, 4.69) is 30.8 Å². The molecule has 3 aromatic rings. The van der Waals surface area contributed by atoms with Crippen LogP contribution in [0.25, 0.3) is 22.5 Å². The molecule has 0 N–H and O–H groups in total. The van der Waals surface area contributed by atoms with E-state index in [0.29, 0.717) is 17.0 Å². The summed E-state index contributed by atoms with van der Waals surface area (Å²) in [5.41, 5.74) is 2.02. The van der Waals surface area contributed by atoms with E-state index in [1.165, 1.54) is 0 Å². The molecule has 4 rings (SSSR count). The summed E-state index contributed by atoms with van der Waals surface area (Å²) < 4.78 is 7.39. The summed E-state index contributed by atoms with van der Waals surface area (Å²) in [6.07, 6.45) is 3.37. The normalized spacial score (nSPS) is 15.8. The molecule has 1 aliphatic heterocycles. The third-order valence-electron chi connectivity index (χ3n) is 5.17. The standard InChI is InChI=1S/C20H25N5O2/c1-4-23-7-9-24(10-8-23)20(26)15-12-17(18-6-5-11-27-18)22-19-16(15)13-21-25(19)14(2)3/h5-6,11-14H,4,7-10H2,1-3H3. The molecule has 1 saturated heterocycles. The number of carbonyl (C=O) groups excluding carboxylic acids is 1. The third-order valence-corrected chi connectivity index (χ3v) is 5.17. The summed E-state index contributed by atoms with van der Waals surface area (Å²) in [5.74, 6) is 0.688. The van der Waals surface area contributed by atoms with Crippen LogP contribution in [0.2, 0.25) is 0 Å². The smallest absolute Gasteiger partial charge is 0.254 e. The Morgan fingerprint density at radius 1 is 1.26 bits per heavy atom. The average molecular weight is 367 g/mol. The third kappa shape index (κ3) is 3.23. The largest absolute Gasteiger partial charge is 0.463 e. The minimum Gasteiger partial charge on any atom is -0.463 e. The molecule has 27 heavy (non-hydrogen) atoms. The van der Waals surface area contributed by atoms with Crippen LogP contribution in [0.5, 0.6) is 0 Å². The van der Waals surface area contributed by atoms with Gasteiger partial charge in [0, 0.05) is 32.2 Å². The van der Waals surface area contributed by atoms with E-state index in [1.807, 2.05) is 27.8 Å². The summed E-state index contributed by atoms with van der Waals surface area (Å²) in [7, 11) is 0. The Kier molecular flexibility index (Phi) is 4.70. The Labute approximate surface area is 158 Å². The van der Waals surface area contributed by atoms with E-state index in [1.54, 1.807) is 12.5 Å². The fraction of sp³-hybridized carbons (Fsp3) is 0.450. The highest BCUT2D eigenvalue weighted by Crippen LogP contribution is 2.27. The van der Waals surface area contributed by atoms with Crippen molar-refractivity contribution in [2.45, 2.75) is 26.8 Å². The lowest BCUT2D eigenvalue weighted by molar-refractivity contribution is 0.0645. The number of rotatable bonds is 4. The van der Waals surface area contributed by atoms with Gasteiger partial charge in [-0.15, -0.1) is 0 Å². The Hall–Kier alpha value is -2.67. The van der Waals surface area contributed by atoms with Crippen molar-refractivity contribution < 1.29 is 9.21 Å². The van der Waals surface area contributed by atoms with E-state index in [9.17, 15) is 4.79 Å². The van der Waals surface area contributed by atoms with Crippen molar-refractivity contribution in [3.05, 3.63) is 36.2 Å². The lowest BCUT2D eigenvalue weighted by atomic mass is 10.1. The molecule has 0 spiro atoms. The van der Waals surface area contributed by atoms with Gasteiger partial charge >= 0.3 is 0 Å². The SMILES string of the molecule is CCN1CCN(C(=O)c2cc(-c3ccco3)nc3c2cnn3C(C)C)CC1. The average Bonchev–Trinajstić information content (AvgIpc) is 3.36. The highest BCUT2D eigenvalue weighted by atomic mass is 16.3. The first-order chi connectivity index (χ1) is 13.1. The number of carbonyl (C=O) groups is 1. The maximum atomic E-state index is 13.3. The fourth-order valence-corrected chi connectivity index (χ4v) is 3.56. The van der Waals surface area contributed by atoms with Crippen LogP contribution in [0.3, 0.4) is 0 Å². The molecule has 0 saturated carbocycles. The van der Waals surface area contributed by atoms with Gasteiger partial charge in [0.2, 0.25) is 0 Å². The van der Waals surface area contributed by atoms with Crippen LogP contribution in [-0.4, -0.2) is 63.2 Å². The number of amides is 1. The summed E-state index contributed by atoms with van der Waals surface area (Å²) in [6.45, 7) is 10.6. The Morgan fingerprint density at radius 2 is 2.04 bits per heavy atom. The van der Waals surface area contributed by atoms with Crippen LogP contribution < -0.4 is 0 Å². The molecular formula is C20H25N5O2. The molecule has 0 atom stereocenters. The van der Waals surface area contributed by atoms with Crippen LogP contribution in [-0.2, 0) is 0 Å². The van der Waals surface area contributed by atoms with Gasteiger partial charge in [0.1, 0.15) is 5.69 Å². The second kappa shape index (κ2) is 7.15. The van der Waals surface area contributed by atoms with Crippen molar-refractivity contribution in [3.63, 3.8) is 0 Å². The Morgan fingerprint density at radius 3 is 2.67 bits per heavy atom. The lowest BCUT2D eigenvalue weighted by Crippen LogP contribution is -2.48. The maximum Gasteiger partial charge on any atom is 0.254 e. The van der Waals surface area contributed by atoms with Crippen LogP contribution >= 0.6 is 0 Å². The van der Waals surface area contributed by atoms with Gasteiger partial charge in [0.05, 0.1) is 23.4 Å². The van der Waals surface area contributed by atoms with Crippen LogP contribution in [0.4, 0.5) is 0 Å². The number of fused-ring (bicyclic) bond motifs is 1. The molecule has 0 radical (unpaired) electrons. The van der Waals surface area contributed by atoms with Crippen LogP contribution in [0.15, 0.2) is 35.1 Å². The molecule has 1 fully saturated rings. The number of hydrogen-bond acceptors (Lipinski definition) is 5. The lowest BCUT2D eigenvalue weighted by Gasteiger charge is -2.34. The molecule has 142 valence electrons. The topological polar surface area (TPSA) is 67.4 Å². The Balaban J connectivity index is 1.78. The number of pyridine rings is 1. The quantitative estimate of drug-likeness (QED) is 0.709. The van der Waals surface area contributed by atoms with Crippen LogP contribution in [0.1, 0.15) is 37.2 Å². The molecule has 7 heteroatoms. The van der Waals surface area contributed by atoms with Gasteiger partial charge < -0.3 is 14.2 Å². The molecule has 0 bridgehead atoms. The molecule has 7 nitrogen and oxygen atoms in total. The van der Waals surface area contributed by atoms with E-state index in [0.717, 1.165) is 43.8 Å². The Bertz CT molecular complexity index is 937. The van der Waals surface area contributed by atoms with Gasteiger partial charge in [-0.25, -0.2) is 9.67 Å². The molecule has 0 aliphatic carbocycles. The minimum atomic E-state index is 0.0364. The zero-order valence-corrected chi connectivity index (χ0v) is 16.1. The predicted molar refractivity (Wildman–Crippen MR) is 104 cm³/mol. The molecule has 0 aromatic carbocycles. The molecule has 0 unspecified atom stereocenters. The highest BCUT2D eigenvalue weighted by Gasteiger charge is 2.25. The van der Waals surface area contributed by atoms with E-state index >= 15 is 0 Å². The number of furan rings is 1. The number of hydrogen-bond donors (Lipinski definition) is 0. The van der Waals surface area contributed by atoms with Crippen molar-refractivity contribution in [2.24, 2.45) is 0 Å². The first-order valence-corrected chi connectivity index (χ1v) is 9.52.